The van der Waals surface area contributed by atoms with Gasteiger partial charge in [-0.05, 0) is 13.8 Å². The Balaban J connectivity index is 2.23. The van der Waals surface area contributed by atoms with Gasteiger partial charge in [-0.2, -0.15) is 0 Å². The average molecular weight is 182 g/mol. The van der Waals surface area contributed by atoms with E-state index >= 15 is 0 Å². The number of hydrogen-bond acceptors (Lipinski definition) is 4. The van der Waals surface area contributed by atoms with Gasteiger partial charge in [0, 0.05) is 11.6 Å². The minimum absolute atomic E-state index is 0.0620. The van der Waals surface area contributed by atoms with Gasteiger partial charge in [0.1, 0.15) is 0 Å². The van der Waals surface area contributed by atoms with E-state index in [1.807, 2.05) is 0 Å². The zero-order valence-corrected chi connectivity index (χ0v) is 7.44. The standard InChI is InChI=1S/C9H10O4/c1-5-4-11-8(3-7(5)10)9-12-6(2)13-9/h3-4,6,9H,1-2H3. The molecule has 0 atom stereocenters. The van der Waals surface area contributed by atoms with Crippen molar-refractivity contribution in [1.82, 2.24) is 0 Å². The molecular formula is C9H10O4. The molecule has 0 amide bonds. The molecular weight excluding hydrogens is 172 g/mol. The van der Waals surface area contributed by atoms with Crippen molar-refractivity contribution in [3.8, 4) is 0 Å². The molecule has 1 aromatic rings. The molecule has 1 saturated heterocycles. The van der Waals surface area contributed by atoms with E-state index in [0.717, 1.165) is 0 Å². The number of rotatable bonds is 1. The monoisotopic (exact) mass is 182 g/mol. The van der Waals surface area contributed by atoms with E-state index in [9.17, 15) is 4.79 Å². The Morgan fingerprint density at radius 3 is 2.62 bits per heavy atom. The fourth-order valence-corrected chi connectivity index (χ4v) is 1.11. The Hall–Kier alpha value is -1.13. The van der Waals surface area contributed by atoms with Crippen LogP contribution in [0.15, 0.2) is 21.5 Å². The second kappa shape index (κ2) is 2.97. The summed E-state index contributed by atoms with van der Waals surface area (Å²) in [6.45, 7) is 3.48. The Bertz CT molecular complexity index is 362. The van der Waals surface area contributed by atoms with Crippen molar-refractivity contribution in [3.63, 3.8) is 0 Å². The molecule has 1 fully saturated rings. The average Bonchev–Trinajstić information content (AvgIpc) is 2.05. The second-order valence-electron chi connectivity index (χ2n) is 3.00. The highest BCUT2D eigenvalue weighted by atomic mass is 16.9. The quantitative estimate of drug-likeness (QED) is 0.657. The first kappa shape index (κ1) is 8.47. The van der Waals surface area contributed by atoms with E-state index in [2.05, 4.69) is 0 Å². The lowest BCUT2D eigenvalue weighted by molar-refractivity contribution is -0.387. The van der Waals surface area contributed by atoms with E-state index < -0.39 is 6.29 Å². The van der Waals surface area contributed by atoms with Gasteiger partial charge in [-0.15, -0.1) is 0 Å². The summed E-state index contributed by atoms with van der Waals surface area (Å²) in [4.78, 5) is 11.2. The topological polar surface area (TPSA) is 48.7 Å². The van der Waals surface area contributed by atoms with Crippen LogP contribution in [-0.2, 0) is 9.47 Å². The van der Waals surface area contributed by atoms with E-state index in [-0.39, 0.29) is 11.7 Å². The van der Waals surface area contributed by atoms with Gasteiger partial charge in [0.15, 0.2) is 17.5 Å². The summed E-state index contributed by atoms with van der Waals surface area (Å²) in [6.07, 6.45) is 0.688. The van der Waals surface area contributed by atoms with Gasteiger partial charge in [0.25, 0.3) is 0 Å². The third-order valence-electron chi connectivity index (χ3n) is 1.90. The number of ether oxygens (including phenoxy) is 2. The van der Waals surface area contributed by atoms with Crippen LogP contribution in [0.4, 0.5) is 0 Å². The Morgan fingerprint density at radius 2 is 2.08 bits per heavy atom. The molecule has 0 aliphatic carbocycles. The molecule has 70 valence electrons. The summed E-state index contributed by atoms with van der Waals surface area (Å²) in [7, 11) is 0. The molecule has 0 unspecified atom stereocenters. The van der Waals surface area contributed by atoms with Crippen LogP contribution in [0.5, 0.6) is 0 Å². The third kappa shape index (κ3) is 1.50. The zero-order chi connectivity index (χ0) is 9.42. The summed E-state index contributed by atoms with van der Waals surface area (Å²) in [5.74, 6) is 0.425. The summed E-state index contributed by atoms with van der Waals surface area (Å²) in [6, 6.07) is 1.39. The number of aryl methyl sites for hydroxylation is 1. The van der Waals surface area contributed by atoms with Gasteiger partial charge in [-0.25, -0.2) is 0 Å². The van der Waals surface area contributed by atoms with E-state index in [1.54, 1.807) is 13.8 Å². The molecule has 4 heteroatoms. The number of hydrogen-bond donors (Lipinski definition) is 0. The van der Waals surface area contributed by atoms with Crippen molar-refractivity contribution in [2.75, 3.05) is 0 Å². The fraction of sp³-hybridized carbons (Fsp3) is 0.444. The Labute approximate surface area is 75.1 Å². The second-order valence-corrected chi connectivity index (χ2v) is 3.00. The first-order valence-electron chi connectivity index (χ1n) is 4.07. The van der Waals surface area contributed by atoms with Gasteiger partial charge < -0.3 is 13.9 Å². The molecule has 1 aliphatic heterocycles. The molecule has 1 aliphatic rings. The minimum Gasteiger partial charge on any atom is -0.463 e. The Morgan fingerprint density at radius 1 is 1.38 bits per heavy atom. The summed E-state index contributed by atoms with van der Waals surface area (Å²) in [5.41, 5.74) is 0.518. The van der Waals surface area contributed by atoms with E-state index in [1.165, 1.54) is 12.3 Å². The van der Waals surface area contributed by atoms with Gasteiger partial charge in [0.05, 0.1) is 6.26 Å². The smallest absolute Gasteiger partial charge is 0.222 e. The van der Waals surface area contributed by atoms with Gasteiger partial charge in [0.2, 0.25) is 6.29 Å². The summed E-state index contributed by atoms with van der Waals surface area (Å²) >= 11 is 0. The van der Waals surface area contributed by atoms with Crippen LogP contribution in [0.1, 0.15) is 24.5 Å². The van der Waals surface area contributed by atoms with Crippen molar-refractivity contribution >= 4 is 0 Å². The van der Waals surface area contributed by atoms with Crippen LogP contribution < -0.4 is 5.43 Å². The highest BCUT2D eigenvalue weighted by molar-refractivity contribution is 5.10. The van der Waals surface area contributed by atoms with Crippen molar-refractivity contribution in [3.05, 3.63) is 33.9 Å². The SMILES string of the molecule is Cc1coc(C2OC(C)O2)cc1=O. The molecule has 0 saturated carbocycles. The third-order valence-corrected chi connectivity index (χ3v) is 1.90. The molecule has 1 aromatic heterocycles. The largest absolute Gasteiger partial charge is 0.463 e. The highest BCUT2D eigenvalue weighted by Gasteiger charge is 2.30. The van der Waals surface area contributed by atoms with Crippen LogP contribution in [0.2, 0.25) is 0 Å². The van der Waals surface area contributed by atoms with Crippen LogP contribution in [0.3, 0.4) is 0 Å². The minimum atomic E-state index is -0.511. The lowest BCUT2D eigenvalue weighted by Crippen LogP contribution is -2.32. The van der Waals surface area contributed by atoms with Gasteiger partial charge in [-0.3, -0.25) is 4.79 Å². The van der Waals surface area contributed by atoms with Crippen LogP contribution >= 0.6 is 0 Å². The van der Waals surface area contributed by atoms with Crippen molar-refractivity contribution in [2.24, 2.45) is 0 Å². The molecule has 2 heterocycles. The summed E-state index contributed by atoms with van der Waals surface area (Å²) in [5, 5.41) is 0. The van der Waals surface area contributed by atoms with Gasteiger partial charge in [-0.1, -0.05) is 0 Å². The maximum Gasteiger partial charge on any atom is 0.222 e. The predicted molar refractivity (Wildman–Crippen MR) is 44.1 cm³/mol. The molecule has 2 rings (SSSR count). The first-order chi connectivity index (χ1) is 6.16. The first-order valence-corrected chi connectivity index (χ1v) is 4.07. The van der Waals surface area contributed by atoms with Crippen LogP contribution in [0, 0.1) is 6.92 Å². The van der Waals surface area contributed by atoms with Crippen molar-refractivity contribution < 1.29 is 13.9 Å². The predicted octanol–water partition coefficient (Wildman–Crippen LogP) is 1.34. The lowest BCUT2D eigenvalue weighted by atomic mass is 10.3. The highest BCUT2D eigenvalue weighted by Crippen LogP contribution is 2.30. The lowest BCUT2D eigenvalue weighted by Gasteiger charge is -2.32. The Kier molecular flexibility index (Phi) is 1.94. The molecule has 13 heavy (non-hydrogen) atoms. The zero-order valence-electron chi connectivity index (χ0n) is 7.44. The maximum atomic E-state index is 11.2. The molecule has 0 bridgehead atoms. The molecule has 0 spiro atoms. The van der Waals surface area contributed by atoms with E-state index in [0.29, 0.717) is 11.3 Å². The maximum absolute atomic E-state index is 11.2. The van der Waals surface area contributed by atoms with Crippen LogP contribution in [-0.4, -0.2) is 6.29 Å². The van der Waals surface area contributed by atoms with Crippen molar-refractivity contribution in [2.45, 2.75) is 26.4 Å². The molecule has 4 nitrogen and oxygen atoms in total. The fourth-order valence-electron chi connectivity index (χ4n) is 1.11. The molecule has 0 aromatic carbocycles. The van der Waals surface area contributed by atoms with E-state index in [4.69, 9.17) is 13.9 Å². The summed E-state index contributed by atoms with van der Waals surface area (Å²) < 4.78 is 15.5. The molecule has 0 N–H and O–H groups in total. The van der Waals surface area contributed by atoms with Crippen molar-refractivity contribution in [1.29, 1.82) is 0 Å². The van der Waals surface area contributed by atoms with Gasteiger partial charge >= 0.3 is 0 Å². The normalized spacial score (nSPS) is 26.9. The van der Waals surface area contributed by atoms with Crippen LogP contribution in [0.25, 0.3) is 0 Å². The molecule has 0 radical (unpaired) electrons.